The fourth-order valence-electron chi connectivity index (χ4n) is 3.12. The lowest BCUT2D eigenvalue weighted by Gasteiger charge is -2.24. The van der Waals surface area contributed by atoms with Crippen molar-refractivity contribution in [3.63, 3.8) is 0 Å². The van der Waals surface area contributed by atoms with E-state index in [1.807, 2.05) is 6.07 Å². The fraction of sp³-hybridized carbons (Fsp3) is 0.529. The highest BCUT2D eigenvalue weighted by Crippen LogP contribution is 2.40. The van der Waals surface area contributed by atoms with Gasteiger partial charge in [-0.1, -0.05) is 0 Å². The van der Waals surface area contributed by atoms with Gasteiger partial charge in [-0.25, -0.2) is 9.50 Å². The van der Waals surface area contributed by atoms with Gasteiger partial charge in [-0.05, 0) is 19.1 Å². The number of aliphatic hydroxyl groups is 2. The van der Waals surface area contributed by atoms with Crippen molar-refractivity contribution in [3.05, 3.63) is 24.2 Å². The van der Waals surface area contributed by atoms with Crippen molar-refractivity contribution in [2.45, 2.75) is 36.9 Å². The van der Waals surface area contributed by atoms with Crippen molar-refractivity contribution in [2.24, 2.45) is 0 Å². The minimum atomic E-state index is -1.82. The minimum absolute atomic E-state index is 0.103. The monoisotopic (exact) mass is 406 g/mol. The molecule has 0 radical (unpaired) electrons. The van der Waals surface area contributed by atoms with Crippen LogP contribution >= 0.6 is 0 Å². The van der Waals surface area contributed by atoms with Crippen LogP contribution in [0.4, 0.5) is 5.82 Å². The van der Waals surface area contributed by atoms with E-state index in [4.69, 9.17) is 15.2 Å². The average molecular weight is 406 g/mol. The van der Waals surface area contributed by atoms with E-state index in [-0.39, 0.29) is 19.2 Å². The Morgan fingerprint density at radius 1 is 1.55 bits per heavy atom. The number of nitrogens with two attached hydrogens (primary N) is 1. The first-order chi connectivity index (χ1) is 13.8. The predicted molar refractivity (Wildman–Crippen MR) is 97.0 cm³/mol. The summed E-state index contributed by atoms with van der Waals surface area (Å²) in [6.07, 6.45) is -2.75. The smallest absolute Gasteiger partial charge is 0.322 e. The van der Waals surface area contributed by atoms with E-state index in [0.29, 0.717) is 11.2 Å². The van der Waals surface area contributed by atoms with Crippen molar-refractivity contribution in [1.82, 2.24) is 19.9 Å². The second-order valence-electron chi connectivity index (χ2n) is 6.62. The molecule has 0 saturated carbocycles. The number of nitrogen functional groups attached to an aromatic ring is 1. The number of anilines is 1. The number of methoxy groups -OCH3 is 1. The van der Waals surface area contributed by atoms with Gasteiger partial charge in [-0.3, -0.25) is 10.1 Å². The summed E-state index contributed by atoms with van der Waals surface area (Å²) in [5, 5.41) is 37.5. The van der Waals surface area contributed by atoms with Crippen molar-refractivity contribution in [3.8, 4) is 6.07 Å². The average Bonchev–Trinajstić information content (AvgIpc) is 3.26. The van der Waals surface area contributed by atoms with Gasteiger partial charge < -0.3 is 30.2 Å². The molecule has 156 valence electrons. The second kappa shape index (κ2) is 8.27. The molecule has 0 amide bonds. The van der Waals surface area contributed by atoms with Gasteiger partial charge >= 0.3 is 5.97 Å². The first-order valence-corrected chi connectivity index (χ1v) is 8.77. The Kier molecular flexibility index (Phi) is 5.96. The van der Waals surface area contributed by atoms with Crippen LogP contribution in [0.1, 0.15) is 18.7 Å². The molecular weight excluding hydrogens is 384 g/mol. The number of carbonyl (C=O) groups excluding carboxylic acids is 1. The number of ether oxygens (including phenoxy) is 3. The zero-order valence-corrected chi connectivity index (χ0v) is 15.8. The maximum Gasteiger partial charge on any atom is 0.322 e. The molecule has 12 heteroatoms. The topological polar surface area (TPSA) is 177 Å². The van der Waals surface area contributed by atoms with Gasteiger partial charge in [0, 0.05) is 0 Å². The Bertz CT molecular complexity index is 929. The molecule has 1 fully saturated rings. The van der Waals surface area contributed by atoms with E-state index in [1.54, 1.807) is 19.1 Å². The van der Waals surface area contributed by atoms with Crippen molar-refractivity contribution in [2.75, 3.05) is 26.2 Å². The second-order valence-corrected chi connectivity index (χ2v) is 6.62. The number of hydrogen-bond donors (Lipinski definition) is 4. The van der Waals surface area contributed by atoms with Crippen LogP contribution in [0.15, 0.2) is 18.5 Å². The molecule has 5 N–H and O–H groups in total. The van der Waals surface area contributed by atoms with Crippen LogP contribution in [0.2, 0.25) is 0 Å². The number of hydrogen-bond acceptors (Lipinski definition) is 11. The van der Waals surface area contributed by atoms with Crippen LogP contribution in [0.5, 0.6) is 0 Å². The number of esters is 1. The maximum atomic E-state index is 11.4. The van der Waals surface area contributed by atoms with Crippen LogP contribution < -0.4 is 11.1 Å². The number of aromatic nitrogens is 3. The molecular formula is C17H22N6O6. The lowest BCUT2D eigenvalue weighted by molar-refractivity contribution is -0.143. The molecule has 5 atom stereocenters. The molecule has 0 bridgehead atoms. The first kappa shape index (κ1) is 20.9. The van der Waals surface area contributed by atoms with Gasteiger partial charge in [-0.2, -0.15) is 10.4 Å². The highest BCUT2D eigenvalue weighted by atomic mass is 16.6. The van der Waals surface area contributed by atoms with Crippen molar-refractivity contribution in [1.29, 1.82) is 5.26 Å². The van der Waals surface area contributed by atoms with E-state index < -0.39 is 35.9 Å². The predicted octanol–water partition coefficient (Wildman–Crippen LogP) is -1.51. The quantitative estimate of drug-likeness (QED) is 0.239. The summed E-state index contributed by atoms with van der Waals surface area (Å²) < 4.78 is 17.2. The van der Waals surface area contributed by atoms with E-state index >= 15 is 0 Å². The van der Waals surface area contributed by atoms with Crippen LogP contribution in [0.3, 0.4) is 0 Å². The zero-order chi connectivity index (χ0) is 21.2. The SMILES string of the molecule is COC(=O)[C@H](C)NCOC[C@@]1(C#N)O[C@@H](c2ccc3c(N)ncnn23)[C@H](O)[C@@H]1O. The third-order valence-electron chi connectivity index (χ3n) is 4.80. The first-order valence-electron chi connectivity index (χ1n) is 8.77. The molecule has 3 heterocycles. The zero-order valence-electron chi connectivity index (χ0n) is 15.8. The lowest BCUT2D eigenvalue weighted by Crippen LogP contribution is -2.47. The molecule has 1 aliphatic rings. The van der Waals surface area contributed by atoms with Crippen LogP contribution in [0.25, 0.3) is 5.52 Å². The number of nitriles is 1. The summed E-state index contributed by atoms with van der Waals surface area (Å²) in [6, 6.07) is 4.53. The van der Waals surface area contributed by atoms with Gasteiger partial charge in [0.15, 0.2) is 5.82 Å². The molecule has 0 aliphatic carbocycles. The lowest BCUT2D eigenvalue weighted by atomic mass is 9.96. The summed E-state index contributed by atoms with van der Waals surface area (Å²) >= 11 is 0. The van der Waals surface area contributed by atoms with Gasteiger partial charge in [0.05, 0.1) is 26.1 Å². The Hall–Kier alpha value is -2.82. The highest BCUT2D eigenvalue weighted by Gasteiger charge is 2.56. The summed E-state index contributed by atoms with van der Waals surface area (Å²) in [4.78, 5) is 15.3. The third kappa shape index (κ3) is 3.74. The van der Waals surface area contributed by atoms with Crippen molar-refractivity contribution < 1.29 is 29.2 Å². The fourth-order valence-corrected chi connectivity index (χ4v) is 3.12. The van der Waals surface area contributed by atoms with E-state index in [1.165, 1.54) is 18.0 Å². The maximum absolute atomic E-state index is 11.4. The Balaban J connectivity index is 1.73. The molecule has 3 rings (SSSR count). The normalized spacial score (nSPS) is 27.6. The molecule has 1 aliphatic heterocycles. The molecule has 29 heavy (non-hydrogen) atoms. The Morgan fingerprint density at radius 3 is 3.00 bits per heavy atom. The molecule has 0 unspecified atom stereocenters. The number of aliphatic hydroxyl groups excluding tert-OH is 2. The number of nitrogens with one attached hydrogen (secondary N) is 1. The van der Waals surface area contributed by atoms with Crippen LogP contribution in [0, 0.1) is 11.3 Å². The molecule has 0 spiro atoms. The summed E-state index contributed by atoms with van der Waals surface area (Å²) in [6.45, 7) is 1.13. The van der Waals surface area contributed by atoms with Gasteiger partial charge in [0.2, 0.25) is 5.60 Å². The summed E-state index contributed by atoms with van der Waals surface area (Å²) in [5.74, 6) is -0.238. The number of carbonyl (C=O) groups is 1. The highest BCUT2D eigenvalue weighted by molar-refractivity contribution is 5.75. The summed E-state index contributed by atoms with van der Waals surface area (Å²) in [5.41, 5.74) is 4.89. The van der Waals surface area contributed by atoms with E-state index in [0.717, 1.165) is 0 Å². The molecule has 12 nitrogen and oxygen atoms in total. The van der Waals surface area contributed by atoms with E-state index in [2.05, 4.69) is 20.1 Å². The number of nitrogens with zero attached hydrogens (tertiary/aromatic N) is 4. The van der Waals surface area contributed by atoms with E-state index in [9.17, 15) is 20.3 Å². The van der Waals surface area contributed by atoms with Crippen LogP contribution in [-0.4, -0.2) is 75.1 Å². The molecule has 0 aromatic carbocycles. The molecule has 2 aromatic heterocycles. The van der Waals surface area contributed by atoms with Crippen molar-refractivity contribution >= 4 is 17.3 Å². The molecule has 2 aromatic rings. The molecule has 1 saturated heterocycles. The Labute approximate surface area is 165 Å². The van der Waals surface area contributed by atoms with Gasteiger partial charge in [0.1, 0.15) is 42.3 Å². The third-order valence-corrected chi connectivity index (χ3v) is 4.80. The largest absolute Gasteiger partial charge is 0.468 e. The van der Waals surface area contributed by atoms with Gasteiger partial charge in [-0.15, -0.1) is 0 Å². The Morgan fingerprint density at radius 2 is 2.31 bits per heavy atom. The summed E-state index contributed by atoms with van der Waals surface area (Å²) in [7, 11) is 1.26. The van der Waals surface area contributed by atoms with Gasteiger partial charge in [0.25, 0.3) is 0 Å². The number of fused-ring (bicyclic) bond motifs is 1. The van der Waals surface area contributed by atoms with Crippen LogP contribution in [-0.2, 0) is 19.0 Å². The minimum Gasteiger partial charge on any atom is -0.468 e. The number of rotatable bonds is 7. The standard InChI is InChI=1S/C17H22N6O6/c1-9(16(26)27-2)21-8-28-6-17(5-18)14(25)12(24)13(29-17)10-3-4-11-15(19)20-7-22-23(10)11/h3-4,7,9,12-14,21,24-25H,6,8H2,1-2H3,(H2,19,20,22)/t9-,12-,13-,14-,17+/m0/s1.